The van der Waals surface area contributed by atoms with Gasteiger partial charge in [0, 0.05) is 23.0 Å². The molecule has 0 aliphatic carbocycles. The molecule has 2 aliphatic rings. The maximum absolute atomic E-state index is 12.4. The molecular weight excluding hydrogens is 354 g/mol. The van der Waals surface area contributed by atoms with E-state index in [9.17, 15) is 4.79 Å². The van der Waals surface area contributed by atoms with E-state index in [2.05, 4.69) is 10.3 Å². The largest absolute Gasteiger partial charge is 0.454 e. The van der Waals surface area contributed by atoms with Crippen molar-refractivity contribution in [1.29, 1.82) is 0 Å². The third-order valence-corrected chi connectivity index (χ3v) is 4.89. The van der Waals surface area contributed by atoms with E-state index in [1.165, 1.54) is 0 Å². The molecule has 6 nitrogen and oxygen atoms in total. The standard InChI is InChI=1S/C19H14ClN3O3/c20-12-2-1-3-13(7-12)23-9-21-18-14(8-17(24)22-19(18)23)11-4-5-15-16(6-11)26-10-25-15/h1-7,9,14H,8,10H2,(H,22,24). The van der Waals surface area contributed by atoms with Crippen molar-refractivity contribution in [3.05, 3.63) is 65.1 Å². The average Bonchev–Trinajstić information content (AvgIpc) is 3.27. The molecule has 7 heteroatoms. The number of rotatable bonds is 2. The summed E-state index contributed by atoms with van der Waals surface area (Å²) in [5.41, 5.74) is 2.64. The number of aromatic nitrogens is 2. The number of fused-ring (bicyclic) bond motifs is 2. The van der Waals surface area contributed by atoms with Crippen molar-refractivity contribution < 1.29 is 14.3 Å². The number of amides is 1. The highest BCUT2D eigenvalue weighted by Crippen LogP contribution is 2.41. The lowest BCUT2D eigenvalue weighted by Crippen LogP contribution is -2.24. The van der Waals surface area contributed by atoms with Crippen LogP contribution < -0.4 is 14.8 Å². The summed E-state index contributed by atoms with van der Waals surface area (Å²) in [7, 11) is 0. The van der Waals surface area contributed by atoms with Crippen LogP contribution in [-0.2, 0) is 4.79 Å². The molecule has 1 N–H and O–H groups in total. The molecule has 3 aromatic rings. The molecule has 0 bridgehead atoms. The van der Waals surface area contributed by atoms with Gasteiger partial charge in [-0.15, -0.1) is 0 Å². The van der Waals surface area contributed by atoms with Crippen LogP contribution >= 0.6 is 11.6 Å². The van der Waals surface area contributed by atoms with Crippen LogP contribution in [0, 0.1) is 0 Å². The van der Waals surface area contributed by atoms with Gasteiger partial charge in [-0.3, -0.25) is 9.36 Å². The van der Waals surface area contributed by atoms with Crippen LogP contribution in [0.2, 0.25) is 5.02 Å². The van der Waals surface area contributed by atoms with Gasteiger partial charge in [-0.05, 0) is 35.9 Å². The number of carbonyl (C=O) groups is 1. The second-order valence-corrected chi connectivity index (χ2v) is 6.68. The summed E-state index contributed by atoms with van der Waals surface area (Å²) in [6, 6.07) is 13.2. The third-order valence-electron chi connectivity index (χ3n) is 4.66. The van der Waals surface area contributed by atoms with Gasteiger partial charge in [0.25, 0.3) is 0 Å². The minimum Gasteiger partial charge on any atom is -0.454 e. The number of benzene rings is 2. The average molecular weight is 368 g/mol. The van der Waals surface area contributed by atoms with Gasteiger partial charge in [0.05, 0.1) is 5.69 Å². The van der Waals surface area contributed by atoms with E-state index in [0.29, 0.717) is 23.0 Å². The lowest BCUT2D eigenvalue weighted by molar-refractivity contribution is -0.116. The molecular formula is C19H14ClN3O3. The molecule has 130 valence electrons. The van der Waals surface area contributed by atoms with Gasteiger partial charge >= 0.3 is 0 Å². The third kappa shape index (κ3) is 2.42. The second kappa shape index (κ2) is 5.78. The first-order valence-electron chi connectivity index (χ1n) is 8.21. The molecule has 0 saturated heterocycles. The Hall–Kier alpha value is -2.99. The highest BCUT2D eigenvalue weighted by Gasteiger charge is 2.32. The Balaban J connectivity index is 1.60. The summed E-state index contributed by atoms with van der Waals surface area (Å²) in [4.78, 5) is 16.9. The molecule has 2 aliphatic heterocycles. The number of hydrogen-bond acceptors (Lipinski definition) is 4. The predicted octanol–water partition coefficient (Wildman–Crippen LogP) is 3.73. The minimum atomic E-state index is -0.145. The molecule has 5 rings (SSSR count). The van der Waals surface area contributed by atoms with E-state index in [1.807, 2.05) is 47.0 Å². The molecule has 0 saturated carbocycles. The molecule has 0 fully saturated rings. The quantitative estimate of drug-likeness (QED) is 0.749. The molecule has 26 heavy (non-hydrogen) atoms. The van der Waals surface area contributed by atoms with Crippen LogP contribution in [0.15, 0.2) is 48.8 Å². The highest BCUT2D eigenvalue weighted by atomic mass is 35.5. The molecule has 1 aromatic heterocycles. The van der Waals surface area contributed by atoms with Crippen molar-refractivity contribution >= 4 is 23.3 Å². The van der Waals surface area contributed by atoms with Crippen molar-refractivity contribution in [2.45, 2.75) is 12.3 Å². The fraction of sp³-hybridized carbons (Fsp3) is 0.158. The van der Waals surface area contributed by atoms with E-state index in [0.717, 1.165) is 22.7 Å². The van der Waals surface area contributed by atoms with E-state index in [1.54, 1.807) is 6.33 Å². The minimum absolute atomic E-state index is 0.0519. The summed E-state index contributed by atoms with van der Waals surface area (Å²) in [5, 5.41) is 3.57. The zero-order chi connectivity index (χ0) is 17.7. The van der Waals surface area contributed by atoms with Crippen LogP contribution in [0.1, 0.15) is 23.6 Å². The zero-order valence-corrected chi connectivity index (χ0v) is 14.4. The topological polar surface area (TPSA) is 65.4 Å². The molecule has 2 aromatic carbocycles. The van der Waals surface area contributed by atoms with E-state index < -0.39 is 0 Å². The fourth-order valence-corrected chi connectivity index (χ4v) is 3.62. The van der Waals surface area contributed by atoms with Gasteiger partial charge in [0.1, 0.15) is 12.1 Å². The zero-order valence-electron chi connectivity index (χ0n) is 13.6. The number of nitrogens with zero attached hydrogens (tertiary/aromatic N) is 2. The Morgan fingerprint density at radius 3 is 2.92 bits per heavy atom. The first-order chi connectivity index (χ1) is 12.7. The maximum atomic E-state index is 12.4. The van der Waals surface area contributed by atoms with Crippen molar-refractivity contribution in [2.75, 3.05) is 12.1 Å². The van der Waals surface area contributed by atoms with Gasteiger partial charge in [-0.25, -0.2) is 4.98 Å². The second-order valence-electron chi connectivity index (χ2n) is 6.25. The number of imidazole rings is 1. The monoisotopic (exact) mass is 367 g/mol. The van der Waals surface area contributed by atoms with Gasteiger partial charge < -0.3 is 14.8 Å². The summed E-state index contributed by atoms with van der Waals surface area (Å²) in [5.74, 6) is 1.90. The Morgan fingerprint density at radius 2 is 2.04 bits per heavy atom. The van der Waals surface area contributed by atoms with Crippen molar-refractivity contribution in [1.82, 2.24) is 9.55 Å². The van der Waals surface area contributed by atoms with Gasteiger partial charge in [-0.1, -0.05) is 23.7 Å². The first kappa shape index (κ1) is 15.3. The lowest BCUT2D eigenvalue weighted by Gasteiger charge is -2.23. The molecule has 0 radical (unpaired) electrons. The fourth-order valence-electron chi connectivity index (χ4n) is 3.43. The predicted molar refractivity (Wildman–Crippen MR) is 96.2 cm³/mol. The normalized spacial score (nSPS) is 17.7. The van der Waals surface area contributed by atoms with Crippen LogP contribution in [0.4, 0.5) is 5.82 Å². The summed E-state index contributed by atoms with van der Waals surface area (Å²) in [6.07, 6.45) is 2.04. The van der Waals surface area contributed by atoms with E-state index in [-0.39, 0.29) is 18.6 Å². The summed E-state index contributed by atoms with van der Waals surface area (Å²) >= 11 is 6.11. The number of halogens is 1. The van der Waals surface area contributed by atoms with Gasteiger partial charge in [-0.2, -0.15) is 0 Å². The number of hydrogen-bond donors (Lipinski definition) is 1. The number of nitrogens with one attached hydrogen (secondary N) is 1. The number of carbonyl (C=O) groups excluding carboxylic acids is 1. The van der Waals surface area contributed by atoms with Crippen LogP contribution in [0.3, 0.4) is 0 Å². The van der Waals surface area contributed by atoms with Crippen LogP contribution in [0.25, 0.3) is 5.69 Å². The Morgan fingerprint density at radius 1 is 1.15 bits per heavy atom. The molecule has 1 amide bonds. The Bertz CT molecular complexity index is 1030. The number of ether oxygens (including phenoxy) is 2. The smallest absolute Gasteiger partial charge is 0.231 e. The molecule has 0 spiro atoms. The van der Waals surface area contributed by atoms with Gasteiger partial charge in [0.15, 0.2) is 11.5 Å². The first-order valence-corrected chi connectivity index (χ1v) is 8.59. The van der Waals surface area contributed by atoms with Crippen LogP contribution in [0.5, 0.6) is 11.5 Å². The Labute approximate surface area is 154 Å². The molecule has 1 atom stereocenters. The lowest BCUT2D eigenvalue weighted by atomic mass is 9.89. The van der Waals surface area contributed by atoms with Gasteiger partial charge in [0.2, 0.25) is 12.7 Å². The van der Waals surface area contributed by atoms with Crippen molar-refractivity contribution in [3.8, 4) is 17.2 Å². The Kier molecular flexibility index (Phi) is 3.39. The van der Waals surface area contributed by atoms with Crippen LogP contribution in [-0.4, -0.2) is 22.3 Å². The van der Waals surface area contributed by atoms with E-state index in [4.69, 9.17) is 21.1 Å². The molecule has 3 heterocycles. The SMILES string of the molecule is O=C1CC(c2ccc3c(c2)OCO3)c2ncn(-c3cccc(Cl)c3)c2N1. The highest BCUT2D eigenvalue weighted by molar-refractivity contribution is 6.30. The number of anilines is 1. The maximum Gasteiger partial charge on any atom is 0.231 e. The van der Waals surface area contributed by atoms with Crippen molar-refractivity contribution in [3.63, 3.8) is 0 Å². The van der Waals surface area contributed by atoms with Crippen molar-refractivity contribution in [2.24, 2.45) is 0 Å². The van der Waals surface area contributed by atoms with E-state index >= 15 is 0 Å². The summed E-state index contributed by atoms with van der Waals surface area (Å²) in [6.45, 7) is 0.221. The summed E-state index contributed by atoms with van der Waals surface area (Å²) < 4.78 is 12.7. The molecule has 1 unspecified atom stereocenters.